The second-order valence-electron chi connectivity index (χ2n) is 5.48. The lowest BCUT2D eigenvalue weighted by Gasteiger charge is -2.32. The average Bonchev–Trinajstić information content (AvgIpc) is 2.35. The Kier molecular flexibility index (Phi) is 6.35. The fourth-order valence-corrected chi connectivity index (χ4v) is 2.36. The summed E-state index contributed by atoms with van der Waals surface area (Å²) in [5.41, 5.74) is 7.25. The first-order chi connectivity index (χ1) is 9.64. The maximum atomic E-state index is 12.8. The highest BCUT2D eigenvalue weighted by atomic mass is 35.5. The van der Waals surface area contributed by atoms with Gasteiger partial charge in [-0.15, -0.1) is 0 Å². The summed E-state index contributed by atoms with van der Waals surface area (Å²) >= 11 is 5.98. The molecule has 1 aromatic carbocycles. The molecule has 0 saturated carbocycles. The highest BCUT2D eigenvalue weighted by molar-refractivity contribution is 6.30. The molecule has 0 aliphatic heterocycles. The van der Waals surface area contributed by atoms with Gasteiger partial charge in [-0.25, -0.2) is 0 Å². The summed E-state index contributed by atoms with van der Waals surface area (Å²) in [6, 6.07) is 4.60. The van der Waals surface area contributed by atoms with Crippen LogP contribution in [0.2, 0.25) is 5.02 Å². The van der Waals surface area contributed by atoms with E-state index in [1.165, 1.54) is 4.90 Å². The number of hydrogen-bond donors (Lipinski definition) is 1. The summed E-state index contributed by atoms with van der Waals surface area (Å²) in [4.78, 5) is 1.34. The van der Waals surface area contributed by atoms with Crippen LogP contribution in [0.15, 0.2) is 18.2 Å². The van der Waals surface area contributed by atoms with E-state index in [9.17, 15) is 13.2 Å². The highest BCUT2D eigenvalue weighted by Gasteiger charge is 2.32. The largest absolute Gasteiger partial charge is 0.405 e. The second kappa shape index (κ2) is 7.36. The molecule has 0 spiro atoms. The summed E-state index contributed by atoms with van der Waals surface area (Å²) in [5.74, 6) is 0. The molecule has 2 N–H and O–H groups in total. The fraction of sp³-hybridized carbons (Fsp3) is 0.600. The normalized spacial score (nSPS) is 13.6. The number of nitrogens with two attached hydrogens (primary N) is 1. The molecule has 0 bridgehead atoms. The van der Waals surface area contributed by atoms with E-state index < -0.39 is 12.7 Å². The van der Waals surface area contributed by atoms with Crippen molar-refractivity contribution in [2.75, 3.05) is 11.4 Å². The van der Waals surface area contributed by atoms with Gasteiger partial charge in [-0.05, 0) is 50.5 Å². The van der Waals surface area contributed by atoms with Crippen molar-refractivity contribution in [1.29, 1.82) is 0 Å². The molecule has 0 amide bonds. The Morgan fingerprint density at radius 3 is 2.38 bits per heavy atom. The van der Waals surface area contributed by atoms with E-state index >= 15 is 0 Å². The molecule has 1 aromatic rings. The van der Waals surface area contributed by atoms with Crippen LogP contribution in [0.3, 0.4) is 0 Å². The molecule has 0 aliphatic rings. The molecule has 1 unspecified atom stereocenters. The van der Waals surface area contributed by atoms with E-state index in [0.29, 0.717) is 17.1 Å². The van der Waals surface area contributed by atoms with Gasteiger partial charge in [0.1, 0.15) is 6.54 Å². The van der Waals surface area contributed by atoms with Crippen LogP contribution >= 0.6 is 11.6 Å². The third-order valence-corrected chi connectivity index (χ3v) is 3.57. The first-order valence-corrected chi connectivity index (χ1v) is 7.39. The van der Waals surface area contributed by atoms with Gasteiger partial charge in [-0.1, -0.05) is 18.5 Å². The zero-order valence-electron chi connectivity index (χ0n) is 12.5. The molecule has 0 aliphatic carbocycles. The van der Waals surface area contributed by atoms with Crippen molar-refractivity contribution in [3.63, 3.8) is 0 Å². The summed E-state index contributed by atoms with van der Waals surface area (Å²) in [5, 5.41) is 0.507. The monoisotopic (exact) mass is 322 g/mol. The maximum absolute atomic E-state index is 12.8. The standard InChI is InChI=1S/C15H22ClF3N2/c1-4-13(20)8-11-7-12(16)5-6-14(11)21(10(2)3)9-15(17,18)19/h5-7,10,13H,4,8-9,20H2,1-3H3. The van der Waals surface area contributed by atoms with Crippen LogP contribution in [0.5, 0.6) is 0 Å². The van der Waals surface area contributed by atoms with E-state index in [-0.39, 0.29) is 12.1 Å². The number of anilines is 1. The molecule has 0 heterocycles. The van der Waals surface area contributed by atoms with Crippen molar-refractivity contribution >= 4 is 17.3 Å². The van der Waals surface area contributed by atoms with Crippen molar-refractivity contribution in [2.24, 2.45) is 5.73 Å². The molecule has 21 heavy (non-hydrogen) atoms. The van der Waals surface area contributed by atoms with Gasteiger partial charge in [0.15, 0.2) is 0 Å². The number of hydrogen-bond acceptors (Lipinski definition) is 2. The van der Waals surface area contributed by atoms with Crippen molar-refractivity contribution in [1.82, 2.24) is 0 Å². The van der Waals surface area contributed by atoms with E-state index in [2.05, 4.69) is 0 Å². The number of rotatable bonds is 6. The highest BCUT2D eigenvalue weighted by Crippen LogP contribution is 2.30. The van der Waals surface area contributed by atoms with E-state index in [4.69, 9.17) is 17.3 Å². The first-order valence-electron chi connectivity index (χ1n) is 7.01. The van der Waals surface area contributed by atoms with Crippen LogP contribution in [0.25, 0.3) is 0 Å². The van der Waals surface area contributed by atoms with Crippen LogP contribution in [-0.4, -0.2) is 24.8 Å². The van der Waals surface area contributed by atoms with Crippen LogP contribution in [-0.2, 0) is 6.42 Å². The molecule has 0 radical (unpaired) electrons. The zero-order valence-corrected chi connectivity index (χ0v) is 13.3. The summed E-state index contributed by atoms with van der Waals surface area (Å²) < 4.78 is 38.4. The molecule has 1 rings (SSSR count). The smallest absolute Gasteiger partial charge is 0.360 e. The molecule has 120 valence electrons. The molecular formula is C15H22ClF3N2. The summed E-state index contributed by atoms with van der Waals surface area (Å²) in [7, 11) is 0. The zero-order chi connectivity index (χ0) is 16.2. The third-order valence-electron chi connectivity index (χ3n) is 3.33. The Morgan fingerprint density at radius 2 is 1.90 bits per heavy atom. The second-order valence-corrected chi connectivity index (χ2v) is 5.92. The minimum absolute atomic E-state index is 0.0953. The molecular weight excluding hydrogens is 301 g/mol. The first kappa shape index (κ1) is 18.1. The van der Waals surface area contributed by atoms with Crippen molar-refractivity contribution in [2.45, 2.75) is 51.9 Å². The van der Waals surface area contributed by atoms with Crippen molar-refractivity contribution in [3.8, 4) is 0 Å². The van der Waals surface area contributed by atoms with Crippen molar-refractivity contribution in [3.05, 3.63) is 28.8 Å². The van der Waals surface area contributed by atoms with E-state index in [0.717, 1.165) is 12.0 Å². The molecule has 6 heteroatoms. The molecule has 1 atom stereocenters. The Balaban J connectivity index is 3.17. The lowest BCUT2D eigenvalue weighted by Crippen LogP contribution is -2.40. The fourth-order valence-electron chi connectivity index (χ4n) is 2.16. The Labute approximate surface area is 129 Å². The SMILES string of the molecule is CCC(N)Cc1cc(Cl)ccc1N(CC(F)(F)F)C(C)C. The van der Waals surface area contributed by atoms with Crippen LogP contribution in [0.1, 0.15) is 32.8 Å². The van der Waals surface area contributed by atoms with Gasteiger partial charge in [0.2, 0.25) is 0 Å². The van der Waals surface area contributed by atoms with Crippen LogP contribution in [0, 0.1) is 0 Å². The molecule has 0 saturated heterocycles. The number of halogens is 4. The minimum atomic E-state index is -4.26. The Hall–Kier alpha value is -0.940. The van der Waals surface area contributed by atoms with Gasteiger partial charge in [0, 0.05) is 22.8 Å². The quantitative estimate of drug-likeness (QED) is 0.841. The number of alkyl halides is 3. The average molecular weight is 323 g/mol. The lowest BCUT2D eigenvalue weighted by atomic mass is 10.0. The topological polar surface area (TPSA) is 29.3 Å². The van der Waals surface area contributed by atoms with Crippen LogP contribution < -0.4 is 10.6 Å². The van der Waals surface area contributed by atoms with Gasteiger partial charge in [0.05, 0.1) is 0 Å². The molecule has 2 nitrogen and oxygen atoms in total. The van der Waals surface area contributed by atoms with Gasteiger partial charge in [-0.2, -0.15) is 13.2 Å². The predicted octanol–water partition coefficient (Wildman–Crippen LogP) is 4.40. The molecule has 0 aromatic heterocycles. The van der Waals surface area contributed by atoms with Gasteiger partial charge in [0.25, 0.3) is 0 Å². The van der Waals surface area contributed by atoms with E-state index in [1.807, 2.05) is 6.92 Å². The van der Waals surface area contributed by atoms with Gasteiger partial charge >= 0.3 is 6.18 Å². The Morgan fingerprint density at radius 1 is 1.29 bits per heavy atom. The van der Waals surface area contributed by atoms with Gasteiger partial charge in [-0.3, -0.25) is 0 Å². The summed E-state index contributed by atoms with van der Waals surface area (Å²) in [6.07, 6.45) is -2.99. The minimum Gasteiger partial charge on any atom is -0.360 e. The van der Waals surface area contributed by atoms with Crippen LogP contribution in [0.4, 0.5) is 18.9 Å². The van der Waals surface area contributed by atoms with Crippen molar-refractivity contribution < 1.29 is 13.2 Å². The predicted molar refractivity (Wildman–Crippen MR) is 82.0 cm³/mol. The molecule has 0 fully saturated rings. The Bertz CT molecular complexity index is 461. The maximum Gasteiger partial charge on any atom is 0.405 e. The summed E-state index contributed by atoms with van der Waals surface area (Å²) in [6.45, 7) is 4.44. The number of nitrogens with zero attached hydrogens (tertiary/aromatic N) is 1. The number of benzene rings is 1. The third kappa shape index (κ3) is 5.75. The van der Waals surface area contributed by atoms with E-state index in [1.54, 1.807) is 32.0 Å². The van der Waals surface area contributed by atoms with Gasteiger partial charge < -0.3 is 10.6 Å². The lowest BCUT2D eigenvalue weighted by molar-refractivity contribution is -0.120.